The van der Waals surface area contributed by atoms with Gasteiger partial charge in [-0.1, -0.05) is 0 Å². The Balaban J connectivity index is 2.39. The van der Waals surface area contributed by atoms with E-state index in [4.69, 9.17) is 4.74 Å². The first-order chi connectivity index (χ1) is 5.49. The summed E-state index contributed by atoms with van der Waals surface area (Å²) in [5, 5.41) is 3.00. The van der Waals surface area contributed by atoms with Gasteiger partial charge in [-0.3, -0.25) is 0 Å². The third kappa shape index (κ3) is 3.07. The third-order valence-corrected chi connectivity index (χ3v) is 1.85. The number of halogens is 1. The summed E-state index contributed by atoms with van der Waals surface area (Å²) in [4.78, 5) is 0. The first-order valence-corrected chi connectivity index (χ1v) is 4.51. The second kappa shape index (κ2) is 3.71. The van der Waals surface area contributed by atoms with Crippen molar-refractivity contribution in [3.8, 4) is 0 Å². The monoisotopic (exact) mass is 175 g/mol. The zero-order chi connectivity index (χ0) is 9.19. The molecule has 0 spiro atoms. The van der Waals surface area contributed by atoms with Gasteiger partial charge in [0.15, 0.2) is 0 Å². The third-order valence-electron chi connectivity index (χ3n) is 1.85. The maximum absolute atomic E-state index is 13.2. The second-order valence-electron chi connectivity index (χ2n) is 4.28. The minimum atomic E-state index is -0.849. The van der Waals surface area contributed by atoms with Crippen LogP contribution >= 0.6 is 0 Å². The highest BCUT2D eigenvalue weighted by atomic mass is 19.1. The summed E-state index contributed by atoms with van der Waals surface area (Å²) in [6, 6.07) is 0. The van der Waals surface area contributed by atoms with Gasteiger partial charge in [0.05, 0.1) is 11.7 Å². The van der Waals surface area contributed by atoms with Crippen LogP contribution in [0.15, 0.2) is 0 Å². The van der Waals surface area contributed by atoms with E-state index in [2.05, 4.69) is 5.32 Å². The minimum Gasteiger partial charge on any atom is -0.370 e. The smallest absolute Gasteiger partial charge is 0.139 e. The predicted octanol–water partition coefficient (Wildman–Crippen LogP) is 1.50. The van der Waals surface area contributed by atoms with Crippen LogP contribution in [-0.2, 0) is 4.74 Å². The van der Waals surface area contributed by atoms with Gasteiger partial charge in [0.25, 0.3) is 0 Å². The van der Waals surface area contributed by atoms with Crippen molar-refractivity contribution in [3.05, 3.63) is 0 Å². The number of nitrogens with one attached hydrogen (secondary N) is 1. The molecule has 2 unspecified atom stereocenters. The van der Waals surface area contributed by atoms with Crippen LogP contribution in [0.2, 0.25) is 0 Å². The second-order valence-corrected chi connectivity index (χ2v) is 4.28. The van der Waals surface area contributed by atoms with Gasteiger partial charge in [-0.15, -0.1) is 0 Å². The molecule has 0 amide bonds. The fourth-order valence-electron chi connectivity index (χ4n) is 1.38. The van der Waals surface area contributed by atoms with Crippen LogP contribution in [0.25, 0.3) is 0 Å². The number of alkyl halides is 1. The van der Waals surface area contributed by atoms with Crippen LogP contribution in [0.5, 0.6) is 0 Å². The average Bonchev–Trinajstić information content (AvgIpc) is 1.91. The summed E-state index contributed by atoms with van der Waals surface area (Å²) in [6.07, 6.45) is -0.289. The van der Waals surface area contributed by atoms with Gasteiger partial charge in [0.1, 0.15) is 6.17 Å². The highest BCUT2D eigenvalue weighted by molar-refractivity contribution is 4.80. The van der Waals surface area contributed by atoms with Gasteiger partial charge in [-0.05, 0) is 33.7 Å². The molecule has 12 heavy (non-hydrogen) atoms. The first-order valence-electron chi connectivity index (χ1n) is 4.51. The van der Waals surface area contributed by atoms with Gasteiger partial charge in [0, 0.05) is 6.54 Å². The molecule has 1 heterocycles. The van der Waals surface area contributed by atoms with Crippen molar-refractivity contribution in [2.45, 2.75) is 45.1 Å². The molecule has 0 radical (unpaired) electrons. The van der Waals surface area contributed by atoms with Crippen molar-refractivity contribution in [2.24, 2.45) is 0 Å². The van der Waals surface area contributed by atoms with Crippen LogP contribution in [0.3, 0.4) is 0 Å². The molecule has 2 nitrogen and oxygen atoms in total. The van der Waals surface area contributed by atoms with E-state index >= 15 is 0 Å². The summed E-state index contributed by atoms with van der Waals surface area (Å²) in [5.74, 6) is 0. The van der Waals surface area contributed by atoms with Crippen LogP contribution in [0.1, 0.15) is 27.2 Å². The maximum atomic E-state index is 13.2. The minimum absolute atomic E-state index is 0.216. The summed E-state index contributed by atoms with van der Waals surface area (Å²) in [7, 11) is 0. The number of ether oxygens (including phenoxy) is 1. The Labute approximate surface area is 73.5 Å². The van der Waals surface area contributed by atoms with E-state index in [0.29, 0.717) is 6.54 Å². The molecule has 1 rings (SSSR count). The molecular weight excluding hydrogens is 157 g/mol. The van der Waals surface area contributed by atoms with Gasteiger partial charge < -0.3 is 10.1 Å². The van der Waals surface area contributed by atoms with Crippen LogP contribution in [0, 0.1) is 0 Å². The maximum Gasteiger partial charge on any atom is 0.139 e. The van der Waals surface area contributed by atoms with Crippen molar-refractivity contribution in [2.75, 3.05) is 13.1 Å². The van der Waals surface area contributed by atoms with Crippen molar-refractivity contribution in [3.63, 3.8) is 0 Å². The van der Waals surface area contributed by atoms with Gasteiger partial charge in [0.2, 0.25) is 0 Å². The molecule has 1 N–H and O–H groups in total. The fourth-order valence-corrected chi connectivity index (χ4v) is 1.38. The van der Waals surface area contributed by atoms with Crippen LogP contribution < -0.4 is 5.32 Å². The number of piperidine rings is 1. The lowest BCUT2D eigenvalue weighted by atomic mass is 10.1. The van der Waals surface area contributed by atoms with Gasteiger partial charge in [-0.25, -0.2) is 4.39 Å². The van der Waals surface area contributed by atoms with Crippen molar-refractivity contribution < 1.29 is 9.13 Å². The molecule has 1 saturated heterocycles. The molecule has 2 atom stereocenters. The first kappa shape index (κ1) is 9.93. The fraction of sp³-hybridized carbons (Fsp3) is 1.00. The van der Waals surface area contributed by atoms with Crippen LogP contribution in [0.4, 0.5) is 4.39 Å². The molecule has 0 aromatic carbocycles. The van der Waals surface area contributed by atoms with E-state index in [-0.39, 0.29) is 11.7 Å². The van der Waals surface area contributed by atoms with E-state index in [9.17, 15) is 4.39 Å². The van der Waals surface area contributed by atoms with E-state index in [0.717, 1.165) is 13.0 Å². The van der Waals surface area contributed by atoms with Crippen molar-refractivity contribution in [1.29, 1.82) is 0 Å². The number of rotatable bonds is 1. The van der Waals surface area contributed by atoms with E-state index in [1.54, 1.807) is 0 Å². The number of hydrogen-bond acceptors (Lipinski definition) is 2. The Kier molecular flexibility index (Phi) is 3.07. The molecular formula is C9H18FNO. The van der Waals surface area contributed by atoms with E-state index in [1.807, 2.05) is 20.8 Å². The van der Waals surface area contributed by atoms with Crippen molar-refractivity contribution >= 4 is 0 Å². The Bertz CT molecular complexity index is 144. The Morgan fingerprint density at radius 1 is 1.42 bits per heavy atom. The molecule has 1 aliphatic rings. The largest absolute Gasteiger partial charge is 0.370 e. The molecule has 1 aliphatic heterocycles. The molecule has 0 bridgehead atoms. The molecule has 1 fully saturated rings. The van der Waals surface area contributed by atoms with Gasteiger partial charge >= 0.3 is 0 Å². The predicted molar refractivity (Wildman–Crippen MR) is 47.0 cm³/mol. The quantitative estimate of drug-likeness (QED) is 0.652. The molecule has 72 valence electrons. The normalized spacial score (nSPS) is 32.0. The lowest BCUT2D eigenvalue weighted by Gasteiger charge is -2.32. The Morgan fingerprint density at radius 2 is 2.08 bits per heavy atom. The molecule has 0 aliphatic carbocycles. The lowest BCUT2D eigenvalue weighted by Crippen LogP contribution is -2.45. The van der Waals surface area contributed by atoms with E-state index in [1.165, 1.54) is 0 Å². The van der Waals surface area contributed by atoms with Crippen molar-refractivity contribution in [1.82, 2.24) is 5.32 Å². The SMILES string of the molecule is CC(C)(C)OC1CCNCC1F. The Morgan fingerprint density at radius 3 is 2.58 bits per heavy atom. The Hall–Kier alpha value is -0.150. The standard InChI is InChI=1S/C9H18FNO/c1-9(2,3)12-8-4-5-11-6-7(8)10/h7-8,11H,4-6H2,1-3H3. The summed E-state index contributed by atoms with van der Waals surface area (Å²) >= 11 is 0. The lowest BCUT2D eigenvalue weighted by molar-refractivity contribution is -0.100. The topological polar surface area (TPSA) is 21.3 Å². The van der Waals surface area contributed by atoms with E-state index < -0.39 is 6.17 Å². The molecule has 0 aromatic rings. The summed E-state index contributed by atoms with van der Waals surface area (Å²) in [6.45, 7) is 7.17. The average molecular weight is 175 g/mol. The van der Waals surface area contributed by atoms with Gasteiger partial charge in [-0.2, -0.15) is 0 Å². The highest BCUT2D eigenvalue weighted by Crippen LogP contribution is 2.19. The number of hydrogen-bond donors (Lipinski definition) is 1. The summed E-state index contributed by atoms with van der Waals surface area (Å²) in [5.41, 5.74) is -0.230. The van der Waals surface area contributed by atoms with Crippen LogP contribution in [-0.4, -0.2) is 31.0 Å². The molecule has 3 heteroatoms. The molecule has 0 aromatic heterocycles. The zero-order valence-corrected chi connectivity index (χ0v) is 8.06. The molecule has 0 saturated carbocycles. The highest BCUT2D eigenvalue weighted by Gasteiger charge is 2.28. The zero-order valence-electron chi connectivity index (χ0n) is 8.06. The summed E-state index contributed by atoms with van der Waals surface area (Å²) < 4.78 is 18.8.